The van der Waals surface area contributed by atoms with Crippen molar-refractivity contribution in [2.45, 2.75) is 13.0 Å². The maximum Gasteiger partial charge on any atom is 0.233 e. The first-order chi connectivity index (χ1) is 11.7. The van der Waals surface area contributed by atoms with Gasteiger partial charge in [-0.15, -0.1) is 0 Å². The quantitative estimate of drug-likeness (QED) is 0.788. The van der Waals surface area contributed by atoms with E-state index in [1.54, 1.807) is 17.3 Å². The Labute approximate surface area is 138 Å². The number of amides is 1. The Kier molecular flexibility index (Phi) is 3.38. The Morgan fingerprint density at radius 3 is 2.58 bits per heavy atom. The van der Waals surface area contributed by atoms with Crippen LogP contribution in [-0.4, -0.2) is 25.8 Å². The number of carbonyl (C=O) groups excluding carboxylic acids is 1. The maximum atomic E-state index is 12.4. The predicted molar refractivity (Wildman–Crippen MR) is 88.8 cm³/mol. The van der Waals surface area contributed by atoms with Gasteiger partial charge in [0.1, 0.15) is 18.0 Å². The van der Waals surface area contributed by atoms with Crippen LogP contribution >= 0.6 is 0 Å². The first-order valence-electron chi connectivity index (χ1n) is 7.48. The van der Waals surface area contributed by atoms with Crippen molar-refractivity contribution in [3.8, 4) is 11.4 Å². The smallest absolute Gasteiger partial charge is 0.233 e. The Morgan fingerprint density at radius 2 is 1.83 bits per heavy atom. The Bertz CT molecular complexity index is 898. The number of carbonyl (C=O) groups is 1. The molecule has 0 aliphatic carbocycles. The summed E-state index contributed by atoms with van der Waals surface area (Å²) in [6.45, 7) is 0.452. The van der Waals surface area contributed by atoms with Crippen LogP contribution in [-0.2, 0) is 17.8 Å². The molecule has 24 heavy (non-hydrogen) atoms. The Morgan fingerprint density at radius 1 is 1.08 bits per heavy atom. The molecular weight excluding hydrogens is 304 g/mol. The van der Waals surface area contributed by atoms with Crippen LogP contribution in [0.5, 0.6) is 0 Å². The van der Waals surface area contributed by atoms with Gasteiger partial charge in [-0.3, -0.25) is 9.69 Å². The van der Waals surface area contributed by atoms with Gasteiger partial charge in [-0.25, -0.2) is 19.9 Å². The topological polar surface area (TPSA) is 97.9 Å². The van der Waals surface area contributed by atoms with Gasteiger partial charge in [0.15, 0.2) is 5.82 Å². The van der Waals surface area contributed by atoms with Gasteiger partial charge in [0.25, 0.3) is 0 Å². The van der Waals surface area contributed by atoms with Crippen molar-refractivity contribution in [2.24, 2.45) is 0 Å². The number of aromatic nitrogens is 4. The summed E-state index contributed by atoms with van der Waals surface area (Å²) < 4.78 is 0. The molecule has 0 bridgehead atoms. The zero-order chi connectivity index (χ0) is 16.5. The number of hydrogen-bond donors (Lipinski definition) is 1. The lowest BCUT2D eigenvalue weighted by molar-refractivity contribution is -0.117. The van der Waals surface area contributed by atoms with E-state index in [4.69, 9.17) is 5.73 Å². The zero-order valence-electron chi connectivity index (χ0n) is 12.8. The lowest BCUT2D eigenvalue weighted by Crippen LogP contribution is -2.26. The molecule has 2 N–H and O–H groups in total. The lowest BCUT2D eigenvalue weighted by atomic mass is 10.2. The van der Waals surface area contributed by atoms with Crippen LogP contribution in [0.4, 0.5) is 11.6 Å². The highest BCUT2D eigenvalue weighted by Crippen LogP contribution is 2.33. The van der Waals surface area contributed by atoms with Crippen LogP contribution < -0.4 is 10.6 Å². The summed E-state index contributed by atoms with van der Waals surface area (Å²) in [5.74, 6) is 1.27. The average molecular weight is 318 g/mol. The molecule has 3 aromatic rings. The number of rotatable bonds is 3. The van der Waals surface area contributed by atoms with E-state index in [1.165, 1.54) is 6.33 Å². The van der Waals surface area contributed by atoms with Crippen molar-refractivity contribution in [3.63, 3.8) is 0 Å². The van der Waals surface area contributed by atoms with E-state index < -0.39 is 0 Å². The third-order valence-electron chi connectivity index (χ3n) is 3.90. The predicted octanol–water partition coefficient (Wildman–Crippen LogP) is 1.61. The van der Waals surface area contributed by atoms with Crippen molar-refractivity contribution in [3.05, 3.63) is 60.2 Å². The van der Waals surface area contributed by atoms with Crippen LogP contribution in [0.3, 0.4) is 0 Å². The molecule has 0 saturated heterocycles. The van der Waals surface area contributed by atoms with Crippen LogP contribution in [0.2, 0.25) is 0 Å². The Hall–Kier alpha value is -3.35. The van der Waals surface area contributed by atoms with Gasteiger partial charge in [-0.2, -0.15) is 0 Å². The number of fused-ring (bicyclic) bond motifs is 1. The van der Waals surface area contributed by atoms with Gasteiger partial charge in [-0.1, -0.05) is 30.3 Å². The molecule has 0 fully saturated rings. The van der Waals surface area contributed by atoms with Gasteiger partial charge in [0.05, 0.1) is 18.5 Å². The van der Waals surface area contributed by atoms with Crippen molar-refractivity contribution in [1.29, 1.82) is 0 Å². The second-order valence-electron chi connectivity index (χ2n) is 5.50. The van der Waals surface area contributed by atoms with Gasteiger partial charge >= 0.3 is 0 Å². The lowest BCUT2D eigenvalue weighted by Gasteiger charge is -2.17. The van der Waals surface area contributed by atoms with E-state index in [9.17, 15) is 4.79 Å². The highest BCUT2D eigenvalue weighted by atomic mass is 16.2. The minimum atomic E-state index is -0.0312. The second-order valence-corrected chi connectivity index (χ2v) is 5.50. The number of benzene rings is 1. The molecule has 4 rings (SSSR count). The van der Waals surface area contributed by atoms with Gasteiger partial charge < -0.3 is 5.73 Å². The number of anilines is 2. The third-order valence-corrected chi connectivity index (χ3v) is 3.90. The normalized spacial score (nSPS) is 13.2. The average Bonchev–Trinajstić information content (AvgIpc) is 2.93. The molecule has 1 aromatic carbocycles. The first-order valence-corrected chi connectivity index (χ1v) is 7.48. The summed E-state index contributed by atoms with van der Waals surface area (Å²) >= 11 is 0. The molecule has 1 amide bonds. The first kappa shape index (κ1) is 14.3. The molecule has 0 saturated carbocycles. The monoisotopic (exact) mass is 318 g/mol. The Balaban J connectivity index is 1.76. The fourth-order valence-electron chi connectivity index (χ4n) is 2.72. The zero-order valence-corrected chi connectivity index (χ0v) is 12.8. The van der Waals surface area contributed by atoms with Crippen LogP contribution in [0.1, 0.15) is 11.1 Å². The van der Waals surface area contributed by atoms with Crippen molar-refractivity contribution < 1.29 is 4.79 Å². The van der Waals surface area contributed by atoms with E-state index in [2.05, 4.69) is 19.9 Å². The summed E-state index contributed by atoms with van der Waals surface area (Å²) in [6.07, 6.45) is 4.89. The summed E-state index contributed by atoms with van der Waals surface area (Å²) in [5.41, 5.74) is 8.42. The SMILES string of the molecule is Nc1nc(-c2cncnc2)nc2c1CC(=O)N2Cc1ccccc1. The van der Waals surface area contributed by atoms with E-state index >= 15 is 0 Å². The number of hydrogen-bond acceptors (Lipinski definition) is 6. The highest BCUT2D eigenvalue weighted by Gasteiger charge is 2.32. The molecule has 2 aromatic heterocycles. The van der Waals surface area contributed by atoms with E-state index in [1.807, 2.05) is 30.3 Å². The van der Waals surface area contributed by atoms with E-state index in [0.717, 1.165) is 5.56 Å². The summed E-state index contributed by atoms with van der Waals surface area (Å²) in [7, 11) is 0. The minimum Gasteiger partial charge on any atom is -0.383 e. The molecule has 0 spiro atoms. The number of nitrogens with two attached hydrogens (primary N) is 1. The van der Waals surface area contributed by atoms with Gasteiger partial charge in [-0.05, 0) is 5.56 Å². The molecule has 7 nitrogen and oxygen atoms in total. The van der Waals surface area contributed by atoms with Crippen LogP contribution in [0, 0.1) is 0 Å². The van der Waals surface area contributed by atoms with Crippen LogP contribution in [0.15, 0.2) is 49.1 Å². The molecule has 0 atom stereocenters. The van der Waals surface area contributed by atoms with Gasteiger partial charge in [0.2, 0.25) is 5.91 Å². The van der Waals surface area contributed by atoms with E-state index in [-0.39, 0.29) is 12.3 Å². The summed E-state index contributed by atoms with van der Waals surface area (Å²) in [5, 5.41) is 0. The molecule has 1 aliphatic rings. The van der Waals surface area contributed by atoms with Crippen molar-refractivity contribution >= 4 is 17.5 Å². The molecular formula is C17H14N6O. The van der Waals surface area contributed by atoms with Crippen LogP contribution in [0.25, 0.3) is 11.4 Å². The van der Waals surface area contributed by atoms with Crippen molar-refractivity contribution in [2.75, 3.05) is 10.6 Å². The molecule has 3 heterocycles. The summed E-state index contributed by atoms with van der Waals surface area (Å²) in [6, 6.07) is 9.77. The maximum absolute atomic E-state index is 12.4. The standard InChI is InChI=1S/C17H14N6O/c18-15-13-6-14(24)23(9-11-4-2-1-3-5-11)17(13)22-16(21-15)12-7-19-10-20-8-12/h1-5,7-8,10H,6,9H2,(H2,18,21,22). The molecule has 1 aliphatic heterocycles. The van der Waals surface area contributed by atoms with E-state index in [0.29, 0.717) is 35.1 Å². The fourth-order valence-corrected chi connectivity index (χ4v) is 2.72. The number of nitrogen functional groups attached to an aromatic ring is 1. The molecule has 0 unspecified atom stereocenters. The summed E-state index contributed by atoms with van der Waals surface area (Å²) in [4.78, 5) is 30.9. The minimum absolute atomic E-state index is 0.0312. The van der Waals surface area contributed by atoms with Crippen molar-refractivity contribution in [1.82, 2.24) is 19.9 Å². The molecule has 7 heteroatoms. The third kappa shape index (κ3) is 2.45. The van der Waals surface area contributed by atoms with Gasteiger partial charge in [0, 0.05) is 18.0 Å². The fraction of sp³-hybridized carbons (Fsp3) is 0.118. The molecule has 0 radical (unpaired) electrons. The second kappa shape index (κ2) is 5.69. The largest absolute Gasteiger partial charge is 0.383 e. The number of nitrogens with zero attached hydrogens (tertiary/aromatic N) is 5. The molecule has 118 valence electrons. The highest BCUT2D eigenvalue weighted by molar-refractivity contribution is 6.01.